The minimum absolute atomic E-state index is 0.262. The molecule has 2 aromatic heterocycles. The van der Waals surface area contributed by atoms with Gasteiger partial charge in [0.15, 0.2) is 11.3 Å². The number of rotatable bonds is 6. The Morgan fingerprint density at radius 2 is 1.52 bits per heavy atom. The molecule has 0 saturated heterocycles. The fraction of sp³-hybridized carbons (Fsp3) is 0.219. The van der Waals surface area contributed by atoms with E-state index in [9.17, 15) is 14.4 Å². The molecular weight excluding hydrogens is 502 g/mol. The molecule has 0 radical (unpaired) electrons. The number of carbonyl (C=O) groups excluding carboxylic acids is 2. The first kappa shape index (κ1) is 25.4. The number of hydrogen-bond acceptors (Lipinski definition) is 5. The lowest BCUT2D eigenvalue weighted by molar-refractivity contribution is 0.0897. The number of aromatic amines is 1. The standard InChI is InChI=1S/C32H29N5O3/c1-2-26-27-30(38)34-28(35-37(27)29(33-26)21-12-9-10-13-21)24-18-11-19-25(20-24)36(31(39)22-14-5-3-6-15-22)32(40)23-16-7-4-8-17-23/h3-8,11,14-21H,2,9-10,12-13H2,1H3,(H,34,35,38). The third-order valence-corrected chi connectivity index (χ3v) is 7.48. The number of fused-ring (bicyclic) bond motifs is 1. The Morgan fingerprint density at radius 1 is 0.900 bits per heavy atom. The zero-order valence-electron chi connectivity index (χ0n) is 22.2. The van der Waals surface area contributed by atoms with Crippen LogP contribution in [0, 0.1) is 0 Å². The summed E-state index contributed by atoms with van der Waals surface area (Å²) in [5.41, 5.74) is 2.68. The third kappa shape index (κ3) is 4.62. The van der Waals surface area contributed by atoms with E-state index in [1.807, 2.05) is 19.1 Å². The summed E-state index contributed by atoms with van der Waals surface area (Å²) in [5, 5.41) is 4.84. The first-order valence-electron chi connectivity index (χ1n) is 13.7. The quantitative estimate of drug-likeness (QED) is 0.280. The summed E-state index contributed by atoms with van der Waals surface area (Å²) in [4.78, 5) is 49.6. The first-order chi connectivity index (χ1) is 19.5. The monoisotopic (exact) mass is 531 g/mol. The van der Waals surface area contributed by atoms with E-state index in [4.69, 9.17) is 10.1 Å². The van der Waals surface area contributed by atoms with Crippen LogP contribution in [0.4, 0.5) is 5.69 Å². The molecule has 6 rings (SSSR count). The highest BCUT2D eigenvalue weighted by molar-refractivity contribution is 6.25. The van der Waals surface area contributed by atoms with Gasteiger partial charge in [0.2, 0.25) is 0 Å². The molecule has 0 unspecified atom stereocenters. The second kappa shape index (κ2) is 10.7. The summed E-state index contributed by atoms with van der Waals surface area (Å²) >= 11 is 0. The molecule has 200 valence electrons. The SMILES string of the molecule is CCc1nc(C2CCCC2)n2nc(-c3cccc(N(C(=O)c4ccccc4)C(=O)c4ccccc4)c3)[nH]c(=O)c12. The van der Waals surface area contributed by atoms with Gasteiger partial charge in [-0.15, -0.1) is 5.10 Å². The minimum Gasteiger partial charge on any atom is -0.303 e. The molecule has 1 aliphatic rings. The molecule has 0 spiro atoms. The van der Waals surface area contributed by atoms with E-state index in [1.165, 1.54) is 4.90 Å². The molecule has 0 aliphatic heterocycles. The van der Waals surface area contributed by atoms with Gasteiger partial charge in [-0.25, -0.2) is 14.4 Å². The second-order valence-electron chi connectivity index (χ2n) is 10.0. The average molecular weight is 532 g/mol. The lowest BCUT2D eigenvalue weighted by Crippen LogP contribution is -2.37. The van der Waals surface area contributed by atoms with Crippen molar-refractivity contribution in [1.82, 2.24) is 19.6 Å². The summed E-state index contributed by atoms with van der Waals surface area (Å²) in [6.45, 7) is 1.99. The highest BCUT2D eigenvalue weighted by atomic mass is 16.2. The van der Waals surface area contributed by atoms with E-state index in [2.05, 4.69) is 4.98 Å². The van der Waals surface area contributed by atoms with Gasteiger partial charge in [-0.3, -0.25) is 14.4 Å². The Labute approximate surface area is 231 Å². The van der Waals surface area contributed by atoms with Crippen LogP contribution in [0.5, 0.6) is 0 Å². The van der Waals surface area contributed by atoms with Crippen molar-refractivity contribution in [3.63, 3.8) is 0 Å². The number of nitrogens with one attached hydrogen (secondary N) is 1. The lowest BCUT2D eigenvalue weighted by Gasteiger charge is -2.22. The number of imide groups is 1. The van der Waals surface area contributed by atoms with E-state index >= 15 is 0 Å². The molecule has 0 bridgehead atoms. The molecule has 2 amide bonds. The summed E-state index contributed by atoms with van der Waals surface area (Å²) in [6, 6.07) is 24.4. The van der Waals surface area contributed by atoms with Crippen molar-refractivity contribution in [2.45, 2.75) is 44.9 Å². The number of H-pyrrole nitrogens is 1. The van der Waals surface area contributed by atoms with Gasteiger partial charge in [0, 0.05) is 22.6 Å². The highest BCUT2D eigenvalue weighted by Gasteiger charge is 2.28. The molecule has 1 fully saturated rings. The fourth-order valence-electron chi connectivity index (χ4n) is 5.46. The number of amides is 2. The summed E-state index contributed by atoms with van der Waals surface area (Å²) in [5.74, 6) is 0.540. The predicted molar refractivity (Wildman–Crippen MR) is 154 cm³/mol. The van der Waals surface area contributed by atoms with Gasteiger partial charge >= 0.3 is 0 Å². The van der Waals surface area contributed by atoms with Crippen molar-refractivity contribution in [2.24, 2.45) is 0 Å². The molecule has 0 atom stereocenters. The molecule has 1 saturated carbocycles. The van der Waals surface area contributed by atoms with E-state index < -0.39 is 11.8 Å². The van der Waals surface area contributed by atoms with Crippen molar-refractivity contribution in [1.29, 1.82) is 0 Å². The Balaban J connectivity index is 1.47. The topological polar surface area (TPSA) is 100 Å². The maximum absolute atomic E-state index is 13.7. The van der Waals surface area contributed by atoms with Gasteiger partial charge in [0.05, 0.1) is 11.4 Å². The van der Waals surface area contributed by atoms with Crippen LogP contribution in [0.3, 0.4) is 0 Å². The Morgan fingerprint density at radius 3 is 2.12 bits per heavy atom. The molecular formula is C32H29N5O3. The molecule has 8 nitrogen and oxygen atoms in total. The molecule has 40 heavy (non-hydrogen) atoms. The van der Waals surface area contributed by atoms with E-state index in [1.54, 1.807) is 77.3 Å². The average Bonchev–Trinajstić information content (AvgIpc) is 3.66. The highest BCUT2D eigenvalue weighted by Crippen LogP contribution is 2.34. The zero-order valence-corrected chi connectivity index (χ0v) is 22.2. The number of imidazole rings is 1. The van der Waals surface area contributed by atoms with Crippen LogP contribution in [0.1, 0.15) is 70.8 Å². The van der Waals surface area contributed by atoms with Crippen molar-refractivity contribution in [2.75, 3.05) is 4.90 Å². The number of benzene rings is 3. The number of aryl methyl sites for hydroxylation is 1. The predicted octanol–water partition coefficient (Wildman–Crippen LogP) is 5.79. The number of nitrogens with zero attached hydrogens (tertiary/aromatic N) is 4. The van der Waals surface area contributed by atoms with E-state index in [0.717, 1.165) is 37.2 Å². The van der Waals surface area contributed by atoms with Gasteiger partial charge in [0.1, 0.15) is 5.82 Å². The molecule has 2 heterocycles. The number of hydrogen-bond donors (Lipinski definition) is 1. The number of carbonyl (C=O) groups is 2. The molecule has 3 aromatic carbocycles. The lowest BCUT2D eigenvalue weighted by atomic mass is 10.1. The first-order valence-corrected chi connectivity index (χ1v) is 13.7. The zero-order chi connectivity index (χ0) is 27.6. The molecule has 1 aliphatic carbocycles. The van der Waals surface area contributed by atoms with Crippen LogP contribution in [-0.4, -0.2) is 31.4 Å². The molecule has 5 aromatic rings. The number of aromatic nitrogens is 4. The normalized spacial score (nSPS) is 13.5. The van der Waals surface area contributed by atoms with E-state index in [0.29, 0.717) is 40.1 Å². The van der Waals surface area contributed by atoms with Crippen LogP contribution in [-0.2, 0) is 6.42 Å². The molecule has 8 heteroatoms. The summed E-state index contributed by atoms with van der Waals surface area (Å²) in [6.07, 6.45) is 4.97. The third-order valence-electron chi connectivity index (χ3n) is 7.48. The molecule has 1 N–H and O–H groups in total. The van der Waals surface area contributed by atoms with Gasteiger partial charge < -0.3 is 4.98 Å². The maximum Gasteiger partial charge on any atom is 0.277 e. The number of anilines is 1. The van der Waals surface area contributed by atoms with Crippen LogP contribution < -0.4 is 10.5 Å². The van der Waals surface area contributed by atoms with Crippen LogP contribution in [0.15, 0.2) is 89.7 Å². The fourth-order valence-corrected chi connectivity index (χ4v) is 5.46. The Bertz CT molecular complexity index is 1700. The second-order valence-corrected chi connectivity index (χ2v) is 10.0. The van der Waals surface area contributed by atoms with Crippen molar-refractivity contribution in [3.05, 3.63) is 118 Å². The smallest absolute Gasteiger partial charge is 0.277 e. The minimum atomic E-state index is -0.450. The van der Waals surface area contributed by atoms with Crippen LogP contribution >= 0.6 is 0 Å². The van der Waals surface area contributed by atoms with Gasteiger partial charge in [-0.2, -0.15) is 0 Å². The van der Waals surface area contributed by atoms with Crippen molar-refractivity contribution in [3.8, 4) is 11.4 Å². The van der Waals surface area contributed by atoms with Crippen LogP contribution in [0.2, 0.25) is 0 Å². The maximum atomic E-state index is 13.7. The summed E-state index contributed by atoms with van der Waals surface area (Å²) in [7, 11) is 0. The summed E-state index contributed by atoms with van der Waals surface area (Å²) < 4.78 is 1.71. The van der Waals surface area contributed by atoms with Crippen molar-refractivity contribution >= 4 is 23.0 Å². The van der Waals surface area contributed by atoms with Crippen LogP contribution in [0.25, 0.3) is 16.9 Å². The van der Waals surface area contributed by atoms with Crippen molar-refractivity contribution < 1.29 is 9.59 Å². The van der Waals surface area contributed by atoms with E-state index in [-0.39, 0.29) is 11.5 Å². The van der Waals surface area contributed by atoms with Gasteiger partial charge in [-0.1, -0.05) is 68.3 Å². The van der Waals surface area contributed by atoms with Gasteiger partial charge in [-0.05, 0) is 55.7 Å². The van der Waals surface area contributed by atoms with Gasteiger partial charge in [0.25, 0.3) is 17.4 Å². The Hall–Kier alpha value is -4.85. The largest absolute Gasteiger partial charge is 0.303 e. The Kier molecular flexibility index (Phi) is 6.82.